The summed E-state index contributed by atoms with van der Waals surface area (Å²) in [6.07, 6.45) is 1.68. The molecule has 1 amide bonds. The van der Waals surface area contributed by atoms with Crippen molar-refractivity contribution >= 4 is 34.4 Å². The van der Waals surface area contributed by atoms with Gasteiger partial charge >= 0.3 is 0 Å². The third-order valence-electron chi connectivity index (χ3n) is 3.20. The Hall–Kier alpha value is -2.86. The minimum Gasteiger partial charge on any atom is -0.494 e. The molecule has 0 atom stereocenters. The Bertz CT molecular complexity index is 784. The van der Waals surface area contributed by atoms with Gasteiger partial charge in [-0.1, -0.05) is 6.07 Å². The second kappa shape index (κ2) is 7.61. The van der Waals surface area contributed by atoms with E-state index in [2.05, 4.69) is 15.6 Å². The zero-order valence-corrected chi connectivity index (χ0v) is 14.0. The Morgan fingerprint density at radius 1 is 1.12 bits per heavy atom. The van der Waals surface area contributed by atoms with Gasteiger partial charge in [-0.25, -0.2) is 4.98 Å². The first-order valence-electron chi connectivity index (χ1n) is 7.55. The fourth-order valence-electron chi connectivity index (χ4n) is 2.10. The summed E-state index contributed by atoms with van der Waals surface area (Å²) in [6.45, 7) is 2.60. The summed E-state index contributed by atoms with van der Waals surface area (Å²) < 4.78 is 5.41. The van der Waals surface area contributed by atoms with Gasteiger partial charge in [-0.2, -0.15) is 0 Å². The number of nitrogens with one attached hydrogen (secondary N) is 2. The monoisotopic (exact) mass is 339 g/mol. The van der Waals surface area contributed by atoms with Crippen LogP contribution >= 0.6 is 11.3 Å². The van der Waals surface area contributed by atoms with Crippen LogP contribution in [0.15, 0.2) is 60.1 Å². The largest absolute Gasteiger partial charge is 0.494 e. The number of nitrogens with zero attached hydrogens (tertiary/aromatic N) is 1. The summed E-state index contributed by atoms with van der Waals surface area (Å²) in [5.74, 6) is 1.21. The van der Waals surface area contributed by atoms with Gasteiger partial charge in [0.1, 0.15) is 11.6 Å². The van der Waals surface area contributed by atoms with Gasteiger partial charge in [-0.05, 0) is 54.8 Å². The molecule has 2 heterocycles. The molecule has 3 rings (SSSR count). The maximum Gasteiger partial charge on any atom is 0.266 e. The van der Waals surface area contributed by atoms with Gasteiger partial charge in [-0.3, -0.25) is 4.79 Å². The van der Waals surface area contributed by atoms with E-state index in [1.807, 2.05) is 48.7 Å². The molecule has 1 aromatic carbocycles. The van der Waals surface area contributed by atoms with Gasteiger partial charge in [0.15, 0.2) is 0 Å². The van der Waals surface area contributed by atoms with Crippen molar-refractivity contribution in [1.29, 1.82) is 0 Å². The van der Waals surface area contributed by atoms with Crippen LogP contribution in [0.4, 0.5) is 17.2 Å². The number of pyridine rings is 1. The van der Waals surface area contributed by atoms with Crippen LogP contribution in [-0.4, -0.2) is 17.5 Å². The van der Waals surface area contributed by atoms with Crippen LogP contribution in [-0.2, 0) is 0 Å². The molecular weight excluding hydrogens is 322 g/mol. The minimum absolute atomic E-state index is 0.148. The number of benzene rings is 1. The number of hydrogen-bond donors (Lipinski definition) is 2. The number of aromatic nitrogens is 1. The summed E-state index contributed by atoms with van der Waals surface area (Å²) in [7, 11) is 0. The van der Waals surface area contributed by atoms with E-state index in [0.717, 1.165) is 17.1 Å². The summed E-state index contributed by atoms with van der Waals surface area (Å²) in [5, 5.41) is 7.89. The highest BCUT2D eigenvalue weighted by Gasteiger charge is 2.07. The molecule has 0 unspecified atom stereocenters. The Morgan fingerprint density at radius 2 is 1.92 bits per heavy atom. The third-order valence-corrected chi connectivity index (χ3v) is 4.07. The zero-order valence-electron chi connectivity index (χ0n) is 13.2. The molecule has 2 aromatic heterocycles. The molecule has 0 radical (unpaired) electrons. The number of anilines is 3. The Labute approximate surface area is 144 Å². The number of hydrogen-bond acceptors (Lipinski definition) is 5. The van der Waals surface area contributed by atoms with Crippen molar-refractivity contribution in [3.63, 3.8) is 0 Å². The second-order valence-corrected chi connectivity index (χ2v) is 5.89. The fourth-order valence-corrected chi connectivity index (χ4v) is 2.71. The highest BCUT2D eigenvalue weighted by Crippen LogP contribution is 2.20. The van der Waals surface area contributed by atoms with E-state index < -0.39 is 0 Å². The lowest BCUT2D eigenvalue weighted by Gasteiger charge is -2.09. The molecule has 0 fully saturated rings. The zero-order chi connectivity index (χ0) is 16.8. The number of rotatable bonds is 6. The van der Waals surface area contributed by atoms with Crippen LogP contribution in [0, 0.1) is 0 Å². The lowest BCUT2D eigenvalue weighted by molar-refractivity contribution is 0.103. The van der Waals surface area contributed by atoms with E-state index >= 15 is 0 Å². The maximum atomic E-state index is 12.0. The van der Waals surface area contributed by atoms with Crippen molar-refractivity contribution in [2.24, 2.45) is 0 Å². The molecule has 24 heavy (non-hydrogen) atoms. The molecule has 0 spiro atoms. The molecule has 0 aliphatic rings. The first-order chi connectivity index (χ1) is 11.7. The number of thiophene rings is 1. The standard InChI is InChI=1S/C18H17N3O2S/c1-2-23-15-8-5-13(6-9-15)20-14-7-10-17(19-12-14)21-18(22)16-4-3-11-24-16/h3-12,20H,2H2,1H3,(H,19,21,22). The summed E-state index contributed by atoms with van der Waals surface area (Å²) in [6, 6.07) is 15.0. The molecule has 0 bridgehead atoms. The van der Waals surface area contributed by atoms with Crippen molar-refractivity contribution in [2.75, 3.05) is 17.2 Å². The fraction of sp³-hybridized carbons (Fsp3) is 0.111. The molecule has 0 aliphatic heterocycles. The highest BCUT2D eigenvalue weighted by atomic mass is 32.1. The van der Waals surface area contributed by atoms with E-state index in [9.17, 15) is 4.79 Å². The predicted octanol–water partition coefficient (Wildman–Crippen LogP) is 4.54. The average molecular weight is 339 g/mol. The topological polar surface area (TPSA) is 63.2 Å². The quantitative estimate of drug-likeness (QED) is 0.692. The second-order valence-electron chi connectivity index (χ2n) is 4.95. The SMILES string of the molecule is CCOc1ccc(Nc2ccc(NC(=O)c3cccs3)nc2)cc1. The van der Waals surface area contributed by atoms with Crippen molar-refractivity contribution in [3.05, 3.63) is 65.0 Å². The first kappa shape index (κ1) is 16.0. The van der Waals surface area contributed by atoms with E-state index in [-0.39, 0.29) is 5.91 Å². The Balaban J connectivity index is 1.61. The van der Waals surface area contributed by atoms with Gasteiger partial charge in [0.25, 0.3) is 5.91 Å². The minimum atomic E-state index is -0.148. The van der Waals surface area contributed by atoms with Crippen LogP contribution in [0.3, 0.4) is 0 Å². The average Bonchev–Trinajstić information content (AvgIpc) is 3.13. The molecule has 5 nitrogen and oxygen atoms in total. The Morgan fingerprint density at radius 3 is 2.54 bits per heavy atom. The van der Waals surface area contributed by atoms with Gasteiger partial charge in [0.2, 0.25) is 0 Å². The number of carbonyl (C=O) groups excluding carboxylic acids is 1. The molecule has 0 aliphatic carbocycles. The molecule has 6 heteroatoms. The first-order valence-corrected chi connectivity index (χ1v) is 8.43. The van der Waals surface area contributed by atoms with Crippen molar-refractivity contribution in [1.82, 2.24) is 4.98 Å². The van der Waals surface area contributed by atoms with Crippen LogP contribution in [0.5, 0.6) is 5.75 Å². The molecular formula is C18H17N3O2S. The van der Waals surface area contributed by atoms with Gasteiger partial charge in [0.05, 0.1) is 23.4 Å². The van der Waals surface area contributed by atoms with Crippen molar-refractivity contribution < 1.29 is 9.53 Å². The van der Waals surface area contributed by atoms with Gasteiger partial charge in [0, 0.05) is 5.69 Å². The number of ether oxygens (including phenoxy) is 1. The third kappa shape index (κ3) is 4.11. The molecule has 0 saturated carbocycles. The maximum absolute atomic E-state index is 12.0. The number of carbonyl (C=O) groups is 1. The Kier molecular flexibility index (Phi) is 5.08. The van der Waals surface area contributed by atoms with Crippen LogP contribution in [0.25, 0.3) is 0 Å². The van der Waals surface area contributed by atoms with E-state index in [1.165, 1.54) is 11.3 Å². The highest BCUT2D eigenvalue weighted by molar-refractivity contribution is 7.12. The van der Waals surface area contributed by atoms with Crippen LogP contribution in [0.1, 0.15) is 16.6 Å². The van der Waals surface area contributed by atoms with Crippen LogP contribution < -0.4 is 15.4 Å². The van der Waals surface area contributed by atoms with E-state index in [0.29, 0.717) is 17.3 Å². The van der Waals surface area contributed by atoms with Gasteiger partial charge < -0.3 is 15.4 Å². The van der Waals surface area contributed by atoms with E-state index in [4.69, 9.17) is 4.74 Å². The summed E-state index contributed by atoms with van der Waals surface area (Å²) in [4.78, 5) is 16.9. The smallest absolute Gasteiger partial charge is 0.266 e. The molecule has 0 saturated heterocycles. The summed E-state index contributed by atoms with van der Waals surface area (Å²) >= 11 is 1.40. The summed E-state index contributed by atoms with van der Waals surface area (Å²) in [5.41, 5.74) is 1.78. The molecule has 122 valence electrons. The van der Waals surface area contributed by atoms with Crippen LogP contribution in [0.2, 0.25) is 0 Å². The van der Waals surface area contributed by atoms with E-state index in [1.54, 1.807) is 18.3 Å². The number of amides is 1. The predicted molar refractivity (Wildman–Crippen MR) is 97.4 cm³/mol. The normalized spacial score (nSPS) is 10.2. The van der Waals surface area contributed by atoms with Crippen molar-refractivity contribution in [3.8, 4) is 5.75 Å². The van der Waals surface area contributed by atoms with Gasteiger partial charge in [-0.15, -0.1) is 11.3 Å². The lowest BCUT2D eigenvalue weighted by Crippen LogP contribution is -2.11. The lowest BCUT2D eigenvalue weighted by atomic mass is 10.3. The molecule has 2 N–H and O–H groups in total. The van der Waals surface area contributed by atoms with Crippen molar-refractivity contribution in [2.45, 2.75) is 6.92 Å². The molecule has 3 aromatic rings.